The summed E-state index contributed by atoms with van der Waals surface area (Å²) in [7, 11) is 0. The number of hydrogen-bond acceptors (Lipinski definition) is 4. The molecule has 3 nitrogen and oxygen atoms in total. The summed E-state index contributed by atoms with van der Waals surface area (Å²) in [5, 5.41) is 10.0. The average Bonchev–Trinajstić information content (AvgIpc) is 2.41. The molecule has 2 rings (SSSR count). The minimum atomic E-state index is 0.244. The number of anilines is 1. The molecular weight excluding hydrogens is 244 g/mol. The van der Waals surface area contributed by atoms with Crippen molar-refractivity contribution < 1.29 is 5.11 Å². The second kappa shape index (κ2) is 6.07. The maximum absolute atomic E-state index is 9.00. The molecule has 0 aliphatic heterocycles. The lowest BCUT2D eigenvalue weighted by Crippen LogP contribution is -2.03. The van der Waals surface area contributed by atoms with Gasteiger partial charge in [-0.25, -0.2) is 0 Å². The molecule has 0 spiro atoms. The summed E-state index contributed by atoms with van der Waals surface area (Å²) in [6.07, 6.45) is 1.80. The van der Waals surface area contributed by atoms with Crippen LogP contribution < -0.4 is 5.73 Å². The van der Waals surface area contributed by atoms with Crippen LogP contribution in [0.1, 0.15) is 12.5 Å². The lowest BCUT2D eigenvalue weighted by molar-refractivity contribution is 0.250. The van der Waals surface area contributed by atoms with Gasteiger partial charge in [-0.3, -0.25) is 4.98 Å². The molecule has 1 atom stereocenters. The molecule has 0 saturated carbocycles. The van der Waals surface area contributed by atoms with E-state index in [1.165, 1.54) is 5.56 Å². The van der Waals surface area contributed by atoms with Crippen molar-refractivity contribution in [2.75, 3.05) is 18.1 Å². The van der Waals surface area contributed by atoms with E-state index in [4.69, 9.17) is 10.8 Å². The molecule has 1 aromatic heterocycles. The highest BCUT2D eigenvalue weighted by molar-refractivity contribution is 7.98. The number of hydrogen-bond donors (Lipinski definition) is 2. The third kappa shape index (κ3) is 2.94. The van der Waals surface area contributed by atoms with Crippen LogP contribution in [0.25, 0.3) is 10.9 Å². The van der Waals surface area contributed by atoms with Gasteiger partial charge in [-0.15, -0.1) is 0 Å². The molecule has 4 heteroatoms. The Morgan fingerprint density at radius 1 is 1.39 bits per heavy atom. The maximum Gasteiger partial charge on any atom is 0.0763 e. The molecule has 0 aliphatic rings. The van der Waals surface area contributed by atoms with E-state index in [2.05, 4.69) is 4.98 Å². The van der Waals surface area contributed by atoms with E-state index < -0.39 is 0 Å². The van der Waals surface area contributed by atoms with Crippen molar-refractivity contribution in [3.05, 3.63) is 36.0 Å². The number of rotatable bonds is 5. The van der Waals surface area contributed by atoms with E-state index in [1.54, 1.807) is 6.20 Å². The Balaban J connectivity index is 2.16. The van der Waals surface area contributed by atoms with Crippen molar-refractivity contribution in [1.82, 2.24) is 4.98 Å². The molecule has 0 saturated heterocycles. The first-order valence-electron chi connectivity index (χ1n) is 6.03. The third-order valence-electron chi connectivity index (χ3n) is 2.86. The van der Waals surface area contributed by atoms with Crippen molar-refractivity contribution in [3.8, 4) is 0 Å². The van der Waals surface area contributed by atoms with Crippen molar-refractivity contribution >= 4 is 28.4 Å². The minimum absolute atomic E-state index is 0.244. The van der Waals surface area contributed by atoms with E-state index in [-0.39, 0.29) is 6.61 Å². The standard InChI is InChI=1S/C14H18N2OS/c1-10(7-17)8-18-9-11-4-5-13(15)12-3-2-6-16-14(11)12/h2-6,10,17H,7-9,15H2,1H3. The number of nitrogens with two attached hydrogens (primary N) is 1. The zero-order chi connectivity index (χ0) is 13.0. The van der Waals surface area contributed by atoms with Crippen molar-refractivity contribution in [3.63, 3.8) is 0 Å². The van der Waals surface area contributed by atoms with Crippen LogP contribution in [0.15, 0.2) is 30.5 Å². The molecule has 3 N–H and O–H groups in total. The molecule has 0 amide bonds. The lowest BCUT2D eigenvalue weighted by atomic mass is 10.1. The molecule has 0 bridgehead atoms. The number of benzene rings is 1. The van der Waals surface area contributed by atoms with Crippen LogP contribution in [0, 0.1) is 5.92 Å². The second-order valence-corrected chi connectivity index (χ2v) is 5.55. The van der Waals surface area contributed by atoms with Gasteiger partial charge >= 0.3 is 0 Å². The van der Waals surface area contributed by atoms with Gasteiger partial charge in [-0.2, -0.15) is 11.8 Å². The Labute approximate surface area is 111 Å². The number of thioether (sulfide) groups is 1. The zero-order valence-corrected chi connectivity index (χ0v) is 11.3. The fourth-order valence-corrected chi connectivity index (χ4v) is 2.87. The molecular formula is C14H18N2OS. The van der Waals surface area contributed by atoms with Crippen LogP contribution in [-0.2, 0) is 5.75 Å². The first-order chi connectivity index (χ1) is 8.72. The Morgan fingerprint density at radius 2 is 2.22 bits per heavy atom. The smallest absolute Gasteiger partial charge is 0.0763 e. The van der Waals surface area contributed by atoms with Gasteiger partial charge < -0.3 is 10.8 Å². The number of aromatic nitrogens is 1. The van der Waals surface area contributed by atoms with Gasteiger partial charge in [0.25, 0.3) is 0 Å². The number of fused-ring (bicyclic) bond motifs is 1. The van der Waals surface area contributed by atoms with Crippen LogP contribution in [0.4, 0.5) is 5.69 Å². The average molecular weight is 262 g/mol. The largest absolute Gasteiger partial charge is 0.398 e. The van der Waals surface area contributed by atoms with Gasteiger partial charge in [0.15, 0.2) is 0 Å². The van der Waals surface area contributed by atoms with Crippen LogP contribution in [0.3, 0.4) is 0 Å². The molecule has 0 aliphatic carbocycles. The molecule has 0 radical (unpaired) electrons. The van der Waals surface area contributed by atoms with E-state index in [1.807, 2.05) is 43.0 Å². The summed E-state index contributed by atoms with van der Waals surface area (Å²) < 4.78 is 0. The highest BCUT2D eigenvalue weighted by Gasteiger charge is 2.06. The quantitative estimate of drug-likeness (QED) is 0.813. The number of aliphatic hydroxyl groups excluding tert-OH is 1. The van der Waals surface area contributed by atoms with Crippen LogP contribution in [0.5, 0.6) is 0 Å². The van der Waals surface area contributed by atoms with Crippen LogP contribution >= 0.6 is 11.8 Å². The van der Waals surface area contributed by atoms with E-state index in [0.717, 1.165) is 28.1 Å². The summed E-state index contributed by atoms with van der Waals surface area (Å²) in [6.45, 7) is 2.29. The fourth-order valence-electron chi connectivity index (χ4n) is 1.79. The summed E-state index contributed by atoms with van der Waals surface area (Å²) in [6, 6.07) is 7.89. The van der Waals surface area contributed by atoms with Crippen molar-refractivity contribution in [2.45, 2.75) is 12.7 Å². The number of nitrogens with zero attached hydrogens (tertiary/aromatic N) is 1. The summed E-state index contributed by atoms with van der Waals surface area (Å²) >= 11 is 1.82. The summed E-state index contributed by atoms with van der Waals surface area (Å²) in [5.74, 6) is 2.19. The number of aliphatic hydroxyl groups is 1. The van der Waals surface area contributed by atoms with Gasteiger partial charge in [-0.1, -0.05) is 13.0 Å². The summed E-state index contributed by atoms with van der Waals surface area (Å²) in [4.78, 5) is 4.42. The monoisotopic (exact) mass is 262 g/mol. The number of nitrogen functional groups attached to an aromatic ring is 1. The molecule has 2 aromatic rings. The predicted octanol–water partition coefficient (Wildman–Crippen LogP) is 2.68. The fraction of sp³-hybridized carbons (Fsp3) is 0.357. The first-order valence-corrected chi connectivity index (χ1v) is 7.18. The molecule has 96 valence electrons. The van der Waals surface area contributed by atoms with Gasteiger partial charge in [0.2, 0.25) is 0 Å². The highest BCUT2D eigenvalue weighted by atomic mass is 32.2. The Hall–Kier alpha value is -1.26. The summed E-state index contributed by atoms with van der Waals surface area (Å²) in [5.41, 5.74) is 8.91. The van der Waals surface area contributed by atoms with E-state index in [9.17, 15) is 0 Å². The van der Waals surface area contributed by atoms with Gasteiger partial charge in [-0.05, 0) is 35.4 Å². The first kappa shape index (κ1) is 13.2. The molecule has 1 heterocycles. The van der Waals surface area contributed by atoms with Crippen LogP contribution in [0.2, 0.25) is 0 Å². The second-order valence-electron chi connectivity index (χ2n) is 4.52. The topological polar surface area (TPSA) is 59.1 Å². The van der Waals surface area contributed by atoms with Crippen LogP contribution in [-0.4, -0.2) is 22.5 Å². The normalized spacial score (nSPS) is 12.8. The lowest BCUT2D eigenvalue weighted by Gasteiger charge is -2.09. The third-order valence-corrected chi connectivity index (χ3v) is 4.18. The molecule has 1 aromatic carbocycles. The maximum atomic E-state index is 9.00. The molecule has 1 unspecified atom stereocenters. The van der Waals surface area contributed by atoms with E-state index >= 15 is 0 Å². The Kier molecular flexibility index (Phi) is 4.44. The molecule has 0 fully saturated rings. The van der Waals surface area contributed by atoms with Crippen molar-refractivity contribution in [1.29, 1.82) is 0 Å². The Morgan fingerprint density at radius 3 is 3.00 bits per heavy atom. The number of pyridine rings is 1. The minimum Gasteiger partial charge on any atom is -0.398 e. The predicted molar refractivity (Wildman–Crippen MR) is 78.6 cm³/mol. The van der Waals surface area contributed by atoms with Gasteiger partial charge in [0, 0.05) is 29.6 Å². The van der Waals surface area contributed by atoms with Gasteiger partial charge in [0.05, 0.1) is 5.52 Å². The Bertz CT molecular complexity index is 530. The van der Waals surface area contributed by atoms with Gasteiger partial charge in [0.1, 0.15) is 0 Å². The van der Waals surface area contributed by atoms with Crippen molar-refractivity contribution in [2.24, 2.45) is 5.92 Å². The molecule has 18 heavy (non-hydrogen) atoms. The van der Waals surface area contributed by atoms with E-state index in [0.29, 0.717) is 5.92 Å². The zero-order valence-electron chi connectivity index (χ0n) is 10.5. The highest BCUT2D eigenvalue weighted by Crippen LogP contribution is 2.26. The SMILES string of the molecule is CC(CO)CSCc1ccc(N)c2cccnc12.